The summed E-state index contributed by atoms with van der Waals surface area (Å²) in [5, 5.41) is 0.818. The largest absolute Gasteiger partial charge is 0.522 e. The molecule has 1 heterocycles. The van der Waals surface area contributed by atoms with Crippen LogP contribution in [0.2, 0.25) is 0 Å². The molecular weight excluding hydrogens is 275 g/mol. The van der Waals surface area contributed by atoms with E-state index in [4.69, 9.17) is 0 Å². The van der Waals surface area contributed by atoms with Crippen LogP contribution in [-0.4, -0.2) is 42.3 Å². The van der Waals surface area contributed by atoms with Gasteiger partial charge in [0.15, 0.2) is 0 Å². The van der Waals surface area contributed by atoms with Gasteiger partial charge in [0.05, 0.1) is 6.61 Å². The van der Waals surface area contributed by atoms with E-state index in [-0.39, 0.29) is 6.61 Å². The Labute approximate surface area is 95.9 Å². The minimum atomic E-state index is -4.50. The molecule has 0 bridgehead atoms. The number of piperidine rings is 1. The maximum Gasteiger partial charge on any atom is 0.522 e. The monoisotopic (exact) mass is 289 g/mol. The van der Waals surface area contributed by atoms with E-state index in [9.17, 15) is 13.2 Å². The Bertz CT molecular complexity index is 189. The van der Waals surface area contributed by atoms with Crippen LogP contribution in [0.3, 0.4) is 0 Å². The van der Waals surface area contributed by atoms with Crippen LogP contribution in [-0.2, 0) is 4.74 Å². The first-order valence-electron chi connectivity index (χ1n) is 5.03. The fraction of sp³-hybridized carbons (Fsp3) is 1.00. The molecule has 1 saturated heterocycles. The zero-order valence-corrected chi connectivity index (χ0v) is 9.98. The van der Waals surface area contributed by atoms with Gasteiger partial charge >= 0.3 is 6.36 Å². The molecule has 0 aromatic carbocycles. The number of alkyl halides is 4. The predicted octanol–water partition coefficient (Wildman–Crippen LogP) is 2.77. The van der Waals surface area contributed by atoms with E-state index in [1.807, 2.05) is 0 Å². The molecule has 1 rings (SSSR count). The van der Waals surface area contributed by atoms with Crippen molar-refractivity contribution in [1.82, 2.24) is 4.90 Å². The average Bonchev–Trinajstić information content (AvgIpc) is 2.16. The van der Waals surface area contributed by atoms with Crippen molar-refractivity contribution in [2.45, 2.75) is 31.7 Å². The van der Waals surface area contributed by atoms with Crippen molar-refractivity contribution in [1.29, 1.82) is 0 Å². The van der Waals surface area contributed by atoms with E-state index in [1.54, 1.807) is 0 Å². The first kappa shape index (κ1) is 13.3. The third-order valence-electron chi connectivity index (χ3n) is 2.57. The van der Waals surface area contributed by atoms with Gasteiger partial charge in [0, 0.05) is 17.9 Å². The average molecular weight is 290 g/mol. The molecule has 0 aromatic heterocycles. The molecule has 0 aromatic rings. The smallest absolute Gasteiger partial charge is 0.297 e. The highest BCUT2D eigenvalue weighted by Crippen LogP contribution is 2.20. The highest BCUT2D eigenvalue weighted by Gasteiger charge is 2.29. The molecule has 0 N–H and O–H groups in total. The molecule has 90 valence electrons. The van der Waals surface area contributed by atoms with Crippen LogP contribution in [0.25, 0.3) is 0 Å². The molecule has 1 fully saturated rings. The number of rotatable bonds is 4. The van der Waals surface area contributed by atoms with E-state index in [0.717, 1.165) is 31.1 Å². The van der Waals surface area contributed by atoms with Crippen molar-refractivity contribution in [2.24, 2.45) is 0 Å². The SMILES string of the molecule is FC(F)(F)OCCN1CCCCC1CBr. The topological polar surface area (TPSA) is 12.5 Å². The van der Waals surface area contributed by atoms with Gasteiger partial charge < -0.3 is 0 Å². The van der Waals surface area contributed by atoms with Crippen molar-refractivity contribution in [3.63, 3.8) is 0 Å². The molecule has 1 aliphatic heterocycles. The lowest BCUT2D eigenvalue weighted by Crippen LogP contribution is -2.42. The van der Waals surface area contributed by atoms with Crippen molar-refractivity contribution < 1.29 is 17.9 Å². The van der Waals surface area contributed by atoms with Crippen molar-refractivity contribution in [3.8, 4) is 0 Å². The Morgan fingerprint density at radius 1 is 1.33 bits per heavy atom. The first-order chi connectivity index (χ1) is 7.03. The fourth-order valence-electron chi connectivity index (χ4n) is 1.81. The molecular formula is C9H15BrF3NO. The zero-order valence-electron chi connectivity index (χ0n) is 8.39. The maximum absolute atomic E-state index is 11.7. The lowest BCUT2D eigenvalue weighted by Gasteiger charge is -2.34. The van der Waals surface area contributed by atoms with Crippen molar-refractivity contribution in [3.05, 3.63) is 0 Å². The number of nitrogens with zero attached hydrogens (tertiary/aromatic N) is 1. The number of ether oxygens (including phenoxy) is 1. The van der Waals surface area contributed by atoms with E-state index >= 15 is 0 Å². The first-order valence-corrected chi connectivity index (χ1v) is 6.16. The van der Waals surface area contributed by atoms with Gasteiger partial charge in [-0.2, -0.15) is 0 Å². The Morgan fingerprint density at radius 2 is 2.07 bits per heavy atom. The van der Waals surface area contributed by atoms with E-state index in [0.29, 0.717) is 12.6 Å². The molecule has 1 aliphatic rings. The Balaban J connectivity index is 2.23. The highest BCUT2D eigenvalue weighted by molar-refractivity contribution is 9.09. The zero-order chi connectivity index (χ0) is 11.3. The van der Waals surface area contributed by atoms with Gasteiger partial charge in [0.25, 0.3) is 0 Å². The summed E-state index contributed by atoms with van der Waals surface area (Å²) in [5.74, 6) is 0. The minimum Gasteiger partial charge on any atom is -0.297 e. The third kappa shape index (κ3) is 5.17. The molecule has 0 radical (unpaired) electrons. The quantitative estimate of drug-likeness (QED) is 0.738. The minimum absolute atomic E-state index is 0.271. The van der Waals surface area contributed by atoms with E-state index < -0.39 is 6.36 Å². The summed E-state index contributed by atoms with van der Waals surface area (Å²) in [6.45, 7) is 0.959. The van der Waals surface area contributed by atoms with Crippen molar-refractivity contribution >= 4 is 15.9 Å². The normalized spacial score (nSPS) is 24.4. The summed E-state index contributed by atoms with van der Waals surface area (Å²) in [6.07, 6.45) is -1.22. The van der Waals surface area contributed by atoms with Gasteiger partial charge in [-0.3, -0.25) is 9.64 Å². The number of likely N-dealkylation sites (tertiary alicyclic amines) is 1. The van der Waals surface area contributed by atoms with E-state index in [1.165, 1.54) is 0 Å². The summed E-state index contributed by atoms with van der Waals surface area (Å²) >= 11 is 3.38. The molecule has 0 amide bonds. The molecule has 1 unspecified atom stereocenters. The second kappa shape index (κ2) is 6.06. The van der Waals surface area contributed by atoms with Crippen LogP contribution in [0.4, 0.5) is 13.2 Å². The van der Waals surface area contributed by atoms with Gasteiger partial charge in [0.1, 0.15) is 0 Å². The third-order valence-corrected chi connectivity index (χ3v) is 3.32. The van der Waals surface area contributed by atoms with Crippen LogP contribution in [0, 0.1) is 0 Å². The summed E-state index contributed by atoms with van der Waals surface area (Å²) in [7, 11) is 0. The second-order valence-electron chi connectivity index (χ2n) is 3.63. The van der Waals surface area contributed by atoms with Gasteiger partial charge in [0.2, 0.25) is 0 Å². The van der Waals surface area contributed by atoms with Crippen molar-refractivity contribution in [2.75, 3.05) is 25.0 Å². The summed E-state index contributed by atoms with van der Waals surface area (Å²) in [6, 6.07) is 0.357. The van der Waals surface area contributed by atoms with Gasteiger partial charge in [-0.05, 0) is 19.4 Å². The molecule has 6 heteroatoms. The second-order valence-corrected chi connectivity index (χ2v) is 4.28. The lowest BCUT2D eigenvalue weighted by molar-refractivity contribution is -0.325. The van der Waals surface area contributed by atoms with Crippen LogP contribution >= 0.6 is 15.9 Å². The molecule has 2 nitrogen and oxygen atoms in total. The predicted molar refractivity (Wildman–Crippen MR) is 55.0 cm³/mol. The van der Waals surface area contributed by atoms with Crippen LogP contribution in [0.5, 0.6) is 0 Å². The number of hydrogen-bond acceptors (Lipinski definition) is 2. The Morgan fingerprint density at radius 3 is 2.67 bits per heavy atom. The summed E-state index contributed by atoms with van der Waals surface area (Å²) < 4.78 is 39.0. The molecule has 0 spiro atoms. The highest BCUT2D eigenvalue weighted by atomic mass is 79.9. The molecule has 0 saturated carbocycles. The molecule has 1 atom stereocenters. The van der Waals surface area contributed by atoms with Crippen LogP contribution in [0.15, 0.2) is 0 Å². The van der Waals surface area contributed by atoms with Crippen LogP contribution < -0.4 is 0 Å². The van der Waals surface area contributed by atoms with Gasteiger partial charge in [-0.25, -0.2) is 0 Å². The van der Waals surface area contributed by atoms with Gasteiger partial charge in [-0.1, -0.05) is 22.4 Å². The van der Waals surface area contributed by atoms with Gasteiger partial charge in [-0.15, -0.1) is 13.2 Å². The molecule has 0 aliphatic carbocycles. The molecule has 15 heavy (non-hydrogen) atoms. The maximum atomic E-state index is 11.7. The number of hydrogen-bond donors (Lipinski definition) is 0. The summed E-state index contributed by atoms with van der Waals surface area (Å²) in [4.78, 5) is 2.06. The number of halogens is 4. The summed E-state index contributed by atoms with van der Waals surface area (Å²) in [5.41, 5.74) is 0. The Kier molecular flexibility index (Phi) is 5.35. The van der Waals surface area contributed by atoms with E-state index in [2.05, 4.69) is 25.6 Å². The Hall–Kier alpha value is 0.190. The van der Waals surface area contributed by atoms with Crippen LogP contribution in [0.1, 0.15) is 19.3 Å². The lowest BCUT2D eigenvalue weighted by atomic mass is 10.0. The fourth-order valence-corrected chi connectivity index (χ4v) is 2.54. The standard InChI is InChI=1S/C9H15BrF3NO/c10-7-8-3-1-2-4-14(8)5-6-15-9(11,12)13/h8H,1-7H2.